The largest absolute Gasteiger partial charge is 0.487 e. The first-order chi connectivity index (χ1) is 15.8. The average Bonchev–Trinajstić information content (AvgIpc) is 2.78. The first kappa shape index (κ1) is 22.8. The molecule has 0 saturated carbocycles. The fourth-order valence-corrected chi connectivity index (χ4v) is 3.73. The van der Waals surface area contributed by atoms with Crippen LogP contribution in [0.5, 0.6) is 5.75 Å². The lowest BCUT2D eigenvalue weighted by Crippen LogP contribution is -2.54. The second-order valence-corrected chi connectivity index (χ2v) is 8.72. The van der Waals surface area contributed by atoms with E-state index in [2.05, 4.69) is 21.2 Å². The highest BCUT2D eigenvalue weighted by Gasteiger charge is 2.36. The minimum Gasteiger partial charge on any atom is -0.487 e. The number of hydrogen-bond acceptors (Lipinski definition) is 4. The first-order valence-corrected chi connectivity index (χ1v) is 11.1. The Morgan fingerprint density at radius 3 is 2.36 bits per heavy atom. The number of carbonyl (C=O) groups is 3. The van der Waals surface area contributed by atoms with Crippen molar-refractivity contribution in [3.8, 4) is 5.75 Å². The number of benzene rings is 3. The molecule has 1 saturated heterocycles. The Bertz CT molecular complexity index is 1270. The molecule has 3 aromatic carbocycles. The minimum absolute atomic E-state index is 0.179. The molecule has 0 bridgehead atoms. The standard InChI is InChI=1S/C25H18BrClN2O4/c1-15-2-4-16(5-3-15)14-33-22-11-6-17(13-21(22)27)12-20-23(30)28-25(32)29(24(20)31)19-9-7-18(26)8-10-19/h2-13H,14H2,1H3,(H,28,30,32)/b20-12+. The summed E-state index contributed by atoms with van der Waals surface area (Å²) in [6.45, 7) is 2.37. The Balaban J connectivity index is 1.55. The van der Waals surface area contributed by atoms with Crippen LogP contribution in [0, 0.1) is 6.92 Å². The van der Waals surface area contributed by atoms with E-state index in [1.807, 2.05) is 31.2 Å². The Kier molecular flexibility index (Phi) is 6.62. The van der Waals surface area contributed by atoms with Gasteiger partial charge in [-0.05, 0) is 60.5 Å². The summed E-state index contributed by atoms with van der Waals surface area (Å²) in [5, 5.41) is 2.54. The Morgan fingerprint density at radius 1 is 1.00 bits per heavy atom. The van der Waals surface area contributed by atoms with Crippen molar-refractivity contribution in [1.82, 2.24) is 5.32 Å². The molecule has 0 spiro atoms. The third kappa shape index (κ3) is 5.16. The lowest BCUT2D eigenvalue weighted by atomic mass is 10.1. The summed E-state index contributed by atoms with van der Waals surface area (Å²) in [7, 11) is 0. The molecule has 0 radical (unpaired) electrons. The molecule has 4 rings (SSSR count). The fraction of sp³-hybridized carbons (Fsp3) is 0.0800. The molecule has 1 aliphatic rings. The number of amides is 4. The molecular weight excluding hydrogens is 508 g/mol. The van der Waals surface area contributed by atoms with Crippen LogP contribution < -0.4 is 15.0 Å². The van der Waals surface area contributed by atoms with Gasteiger partial charge in [-0.3, -0.25) is 14.9 Å². The van der Waals surface area contributed by atoms with Crippen LogP contribution in [-0.2, 0) is 16.2 Å². The van der Waals surface area contributed by atoms with Crippen LogP contribution in [0.3, 0.4) is 0 Å². The summed E-state index contributed by atoms with van der Waals surface area (Å²) in [4.78, 5) is 38.6. The van der Waals surface area contributed by atoms with Gasteiger partial charge < -0.3 is 4.74 Å². The first-order valence-electron chi connectivity index (χ1n) is 9.97. The van der Waals surface area contributed by atoms with Gasteiger partial charge in [-0.1, -0.05) is 63.4 Å². The van der Waals surface area contributed by atoms with Gasteiger partial charge in [0.15, 0.2) is 0 Å². The maximum atomic E-state index is 13.0. The molecule has 33 heavy (non-hydrogen) atoms. The number of nitrogens with zero attached hydrogens (tertiary/aromatic N) is 1. The molecule has 0 aliphatic carbocycles. The van der Waals surface area contributed by atoms with Gasteiger partial charge in [-0.2, -0.15) is 0 Å². The van der Waals surface area contributed by atoms with E-state index >= 15 is 0 Å². The number of carbonyl (C=O) groups excluding carboxylic acids is 3. The third-order valence-corrected chi connectivity index (χ3v) is 5.79. The molecule has 1 fully saturated rings. The maximum Gasteiger partial charge on any atom is 0.335 e. The highest BCUT2D eigenvalue weighted by Crippen LogP contribution is 2.29. The van der Waals surface area contributed by atoms with Crippen molar-refractivity contribution in [3.63, 3.8) is 0 Å². The number of halogens is 2. The zero-order valence-corrected chi connectivity index (χ0v) is 19.8. The highest BCUT2D eigenvalue weighted by molar-refractivity contribution is 9.10. The monoisotopic (exact) mass is 524 g/mol. The number of aryl methyl sites for hydroxylation is 1. The van der Waals surface area contributed by atoms with Crippen LogP contribution in [0.15, 0.2) is 76.8 Å². The van der Waals surface area contributed by atoms with Crippen molar-refractivity contribution in [3.05, 3.63) is 98.5 Å². The van der Waals surface area contributed by atoms with Crippen LogP contribution in [0.1, 0.15) is 16.7 Å². The van der Waals surface area contributed by atoms with Crippen molar-refractivity contribution in [2.45, 2.75) is 13.5 Å². The Hall–Kier alpha value is -3.42. The van der Waals surface area contributed by atoms with Crippen LogP contribution in [0.25, 0.3) is 6.08 Å². The van der Waals surface area contributed by atoms with Crippen LogP contribution in [0.4, 0.5) is 10.5 Å². The molecular formula is C25H18BrClN2O4. The molecule has 6 nitrogen and oxygen atoms in total. The van der Waals surface area contributed by atoms with Crippen LogP contribution >= 0.6 is 27.5 Å². The van der Waals surface area contributed by atoms with E-state index in [1.165, 1.54) is 6.08 Å². The predicted octanol–water partition coefficient (Wildman–Crippen LogP) is 5.66. The second kappa shape index (κ2) is 9.60. The molecule has 0 aromatic heterocycles. The van der Waals surface area contributed by atoms with Crippen molar-refractivity contribution in [2.75, 3.05) is 4.90 Å². The average molecular weight is 526 g/mol. The summed E-state index contributed by atoms with van der Waals surface area (Å²) in [5.74, 6) is -1.01. The van der Waals surface area contributed by atoms with E-state index in [1.54, 1.807) is 42.5 Å². The number of imide groups is 2. The second-order valence-electron chi connectivity index (χ2n) is 7.40. The van der Waals surface area contributed by atoms with Gasteiger partial charge in [-0.25, -0.2) is 9.69 Å². The highest BCUT2D eigenvalue weighted by atomic mass is 79.9. The summed E-state index contributed by atoms with van der Waals surface area (Å²) in [6.07, 6.45) is 1.39. The van der Waals surface area contributed by atoms with E-state index in [0.29, 0.717) is 28.6 Å². The lowest BCUT2D eigenvalue weighted by molar-refractivity contribution is -0.122. The quantitative estimate of drug-likeness (QED) is 0.345. The van der Waals surface area contributed by atoms with Crippen molar-refractivity contribution in [1.29, 1.82) is 0 Å². The van der Waals surface area contributed by atoms with Crippen molar-refractivity contribution in [2.24, 2.45) is 0 Å². The van der Waals surface area contributed by atoms with Gasteiger partial charge in [0, 0.05) is 4.47 Å². The summed E-state index contributed by atoms with van der Waals surface area (Å²) < 4.78 is 6.59. The molecule has 1 aliphatic heterocycles. The molecule has 4 amide bonds. The fourth-order valence-electron chi connectivity index (χ4n) is 3.22. The minimum atomic E-state index is -0.803. The molecule has 1 N–H and O–H groups in total. The number of rotatable bonds is 5. The van der Waals surface area contributed by atoms with E-state index in [0.717, 1.165) is 20.5 Å². The van der Waals surface area contributed by atoms with Gasteiger partial charge in [0.25, 0.3) is 11.8 Å². The van der Waals surface area contributed by atoms with E-state index in [-0.39, 0.29) is 5.57 Å². The van der Waals surface area contributed by atoms with Gasteiger partial charge >= 0.3 is 6.03 Å². The normalized spacial score (nSPS) is 15.1. The predicted molar refractivity (Wildman–Crippen MR) is 130 cm³/mol. The molecule has 3 aromatic rings. The van der Waals surface area contributed by atoms with Crippen molar-refractivity contribution >= 4 is 57.1 Å². The molecule has 8 heteroatoms. The summed E-state index contributed by atoms with van der Waals surface area (Å²) in [6, 6.07) is 18.7. The number of ether oxygens (including phenoxy) is 1. The van der Waals surface area contributed by atoms with Gasteiger partial charge in [0.2, 0.25) is 0 Å². The SMILES string of the molecule is Cc1ccc(COc2ccc(/C=C3\C(=O)NC(=O)N(c4ccc(Br)cc4)C3=O)cc2Cl)cc1. The van der Waals surface area contributed by atoms with E-state index < -0.39 is 17.8 Å². The lowest BCUT2D eigenvalue weighted by Gasteiger charge is -2.26. The number of anilines is 1. The summed E-state index contributed by atoms with van der Waals surface area (Å²) in [5.41, 5.74) is 2.85. The zero-order chi connectivity index (χ0) is 23.5. The van der Waals surface area contributed by atoms with E-state index in [4.69, 9.17) is 16.3 Å². The third-order valence-electron chi connectivity index (χ3n) is 4.97. The van der Waals surface area contributed by atoms with Crippen LogP contribution in [0.2, 0.25) is 5.02 Å². The molecule has 166 valence electrons. The number of hydrogen-bond donors (Lipinski definition) is 1. The van der Waals surface area contributed by atoms with Crippen LogP contribution in [-0.4, -0.2) is 17.8 Å². The number of urea groups is 1. The van der Waals surface area contributed by atoms with Gasteiger partial charge in [0.05, 0.1) is 10.7 Å². The van der Waals surface area contributed by atoms with Crippen molar-refractivity contribution < 1.29 is 19.1 Å². The topological polar surface area (TPSA) is 75.7 Å². The van der Waals surface area contributed by atoms with Gasteiger partial charge in [-0.15, -0.1) is 0 Å². The Morgan fingerprint density at radius 2 is 1.70 bits per heavy atom. The molecule has 0 atom stereocenters. The molecule has 0 unspecified atom stereocenters. The number of nitrogens with one attached hydrogen (secondary N) is 1. The van der Waals surface area contributed by atoms with E-state index in [9.17, 15) is 14.4 Å². The smallest absolute Gasteiger partial charge is 0.335 e. The van der Waals surface area contributed by atoms with Gasteiger partial charge in [0.1, 0.15) is 17.9 Å². The Labute approximate surface area is 203 Å². The number of barbiturate groups is 1. The molecule has 1 heterocycles. The maximum absolute atomic E-state index is 13.0. The summed E-state index contributed by atoms with van der Waals surface area (Å²) >= 11 is 9.68. The zero-order valence-electron chi connectivity index (χ0n) is 17.5.